The van der Waals surface area contributed by atoms with Gasteiger partial charge in [-0.1, -0.05) is 6.07 Å². The van der Waals surface area contributed by atoms with Gasteiger partial charge in [0.05, 0.1) is 18.3 Å². The Morgan fingerprint density at radius 3 is 2.92 bits per heavy atom. The van der Waals surface area contributed by atoms with Gasteiger partial charge in [-0.2, -0.15) is 0 Å². The first-order valence-corrected chi connectivity index (χ1v) is 3.95. The monoisotopic (exact) mass is 166 g/mol. The molecule has 1 atom stereocenters. The lowest BCUT2D eigenvalue weighted by atomic mass is 10.2. The number of nitrogens with one attached hydrogen (secondary N) is 1. The van der Waals surface area contributed by atoms with E-state index in [0.717, 1.165) is 5.69 Å². The van der Waals surface area contributed by atoms with E-state index in [2.05, 4.69) is 10.3 Å². The minimum atomic E-state index is 0.191. The van der Waals surface area contributed by atoms with E-state index >= 15 is 0 Å². The number of hydrogen-bond donors (Lipinski definition) is 1. The van der Waals surface area contributed by atoms with Crippen LogP contribution in [0.2, 0.25) is 0 Å². The highest BCUT2D eigenvalue weighted by Crippen LogP contribution is 2.07. The van der Waals surface area contributed by atoms with E-state index in [-0.39, 0.29) is 6.04 Å². The van der Waals surface area contributed by atoms with E-state index in [9.17, 15) is 0 Å². The summed E-state index contributed by atoms with van der Waals surface area (Å²) in [6.07, 6.45) is 1.79. The van der Waals surface area contributed by atoms with E-state index in [1.807, 2.05) is 25.2 Å². The van der Waals surface area contributed by atoms with E-state index < -0.39 is 0 Å². The molecule has 0 aliphatic rings. The molecule has 66 valence electrons. The highest BCUT2D eigenvalue weighted by Gasteiger charge is 2.08. The lowest BCUT2D eigenvalue weighted by Gasteiger charge is -2.13. The maximum atomic E-state index is 5.05. The van der Waals surface area contributed by atoms with E-state index in [1.54, 1.807) is 13.3 Å². The Hall–Kier alpha value is -0.930. The Morgan fingerprint density at radius 1 is 1.58 bits per heavy atom. The zero-order chi connectivity index (χ0) is 8.81. The zero-order valence-electron chi connectivity index (χ0n) is 7.45. The molecule has 0 saturated heterocycles. The number of nitrogens with zero attached hydrogens (tertiary/aromatic N) is 1. The molecule has 0 amide bonds. The molecule has 0 bridgehead atoms. The molecule has 0 fully saturated rings. The van der Waals surface area contributed by atoms with Gasteiger partial charge in [-0.15, -0.1) is 0 Å². The van der Waals surface area contributed by atoms with Gasteiger partial charge in [0.2, 0.25) is 0 Å². The van der Waals surface area contributed by atoms with Crippen molar-refractivity contribution in [3.63, 3.8) is 0 Å². The fourth-order valence-electron chi connectivity index (χ4n) is 1.07. The summed E-state index contributed by atoms with van der Waals surface area (Å²) in [4.78, 5) is 4.23. The maximum absolute atomic E-state index is 5.05. The van der Waals surface area contributed by atoms with Crippen LogP contribution in [0.15, 0.2) is 24.4 Å². The third-order valence-corrected chi connectivity index (χ3v) is 1.73. The molecule has 0 saturated carbocycles. The average molecular weight is 166 g/mol. The van der Waals surface area contributed by atoms with Gasteiger partial charge in [0.1, 0.15) is 0 Å². The van der Waals surface area contributed by atoms with Gasteiger partial charge < -0.3 is 10.1 Å². The van der Waals surface area contributed by atoms with Crippen LogP contribution < -0.4 is 5.32 Å². The first-order chi connectivity index (χ1) is 5.88. The molecule has 12 heavy (non-hydrogen) atoms. The van der Waals surface area contributed by atoms with Crippen LogP contribution in [0.3, 0.4) is 0 Å². The molecule has 3 heteroatoms. The van der Waals surface area contributed by atoms with Crippen molar-refractivity contribution in [2.45, 2.75) is 6.04 Å². The lowest BCUT2D eigenvalue weighted by Crippen LogP contribution is -2.21. The van der Waals surface area contributed by atoms with Crippen molar-refractivity contribution in [1.82, 2.24) is 10.3 Å². The highest BCUT2D eigenvalue weighted by atomic mass is 16.5. The maximum Gasteiger partial charge on any atom is 0.0730 e. The summed E-state index contributed by atoms with van der Waals surface area (Å²) in [5.74, 6) is 0. The number of ether oxygens (including phenoxy) is 1. The van der Waals surface area contributed by atoms with Crippen LogP contribution in [-0.4, -0.2) is 25.7 Å². The van der Waals surface area contributed by atoms with Crippen LogP contribution in [-0.2, 0) is 4.74 Å². The molecule has 0 unspecified atom stereocenters. The Bertz CT molecular complexity index is 213. The molecule has 0 radical (unpaired) electrons. The Kier molecular flexibility index (Phi) is 3.70. The van der Waals surface area contributed by atoms with E-state index in [1.165, 1.54) is 0 Å². The predicted octanol–water partition coefficient (Wildman–Crippen LogP) is 0.988. The largest absolute Gasteiger partial charge is 0.383 e. The van der Waals surface area contributed by atoms with Crippen molar-refractivity contribution >= 4 is 0 Å². The summed E-state index contributed by atoms with van der Waals surface area (Å²) in [7, 11) is 3.59. The van der Waals surface area contributed by atoms with Gasteiger partial charge in [0.25, 0.3) is 0 Å². The van der Waals surface area contributed by atoms with Gasteiger partial charge in [-0.3, -0.25) is 4.98 Å². The number of hydrogen-bond acceptors (Lipinski definition) is 3. The third kappa shape index (κ3) is 2.29. The van der Waals surface area contributed by atoms with Crippen LogP contribution >= 0.6 is 0 Å². The first kappa shape index (κ1) is 9.16. The molecular formula is C9H14N2O. The second-order valence-corrected chi connectivity index (χ2v) is 2.55. The van der Waals surface area contributed by atoms with Crippen LogP contribution in [0.25, 0.3) is 0 Å². The van der Waals surface area contributed by atoms with E-state index in [4.69, 9.17) is 4.74 Å². The second-order valence-electron chi connectivity index (χ2n) is 2.55. The summed E-state index contributed by atoms with van der Waals surface area (Å²) in [6.45, 7) is 0.646. The molecule has 0 aromatic carbocycles. The number of rotatable bonds is 4. The number of methoxy groups -OCH3 is 1. The molecule has 1 N–H and O–H groups in total. The van der Waals surface area contributed by atoms with Crippen LogP contribution in [0, 0.1) is 0 Å². The lowest BCUT2D eigenvalue weighted by molar-refractivity contribution is 0.169. The smallest absolute Gasteiger partial charge is 0.0730 e. The Morgan fingerprint density at radius 2 is 2.42 bits per heavy atom. The summed E-state index contributed by atoms with van der Waals surface area (Å²) < 4.78 is 5.05. The Labute approximate surface area is 72.8 Å². The summed E-state index contributed by atoms with van der Waals surface area (Å²) in [5, 5.41) is 3.13. The summed E-state index contributed by atoms with van der Waals surface area (Å²) in [5.41, 5.74) is 1.02. The second kappa shape index (κ2) is 4.85. The van der Waals surface area contributed by atoms with Crippen LogP contribution in [0.1, 0.15) is 11.7 Å². The van der Waals surface area contributed by atoms with Crippen LogP contribution in [0.5, 0.6) is 0 Å². The Balaban J connectivity index is 2.66. The average Bonchev–Trinajstić information content (AvgIpc) is 2.15. The first-order valence-electron chi connectivity index (χ1n) is 3.95. The molecule has 1 rings (SSSR count). The number of likely N-dealkylation sites (N-methyl/N-ethyl adjacent to an activating group) is 1. The van der Waals surface area contributed by atoms with Gasteiger partial charge in [-0.05, 0) is 19.2 Å². The summed E-state index contributed by atoms with van der Waals surface area (Å²) in [6, 6.07) is 6.06. The molecule has 3 nitrogen and oxygen atoms in total. The van der Waals surface area contributed by atoms with Gasteiger partial charge >= 0.3 is 0 Å². The highest BCUT2D eigenvalue weighted by molar-refractivity contribution is 5.08. The summed E-state index contributed by atoms with van der Waals surface area (Å²) >= 11 is 0. The molecular weight excluding hydrogens is 152 g/mol. The molecule has 0 aliphatic heterocycles. The van der Waals surface area contributed by atoms with Crippen molar-refractivity contribution in [1.29, 1.82) is 0 Å². The third-order valence-electron chi connectivity index (χ3n) is 1.73. The van der Waals surface area contributed by atoms with Crippen molar-refractivity contribution in [3.8, 4) is 0 Å². The quantitative estimate of drug-likeness (QED) is 0.724. The molecule has 1 heterocycles. The SMILES string of the molecule is CN[C@H](COC)c1ccccn1. The topological polar surface area (TPSA) is 34.1 Å². The molecule has 0 spiro atoms. The van der Waals surface area contributed by atoms with Crippen molar-refractivity contribution in [2.75, 3.05) is 20.8 Å². The standard InChI is InChI=1S/C9H14N2O/c1-10-9(7-12-2)8-5-3-4-6-11-8/h3-6,9-10H,7H2,1-2H3/t9-/m1/s1. The number of pyridine rings is 1. The molecule has 0 aliphatic carbocycles. The predicted molar refractivity (Wildman–Crippen MR) is 47.9 cm³/mol. The van der Waals surface area contributed by atoms with Crippen molar-refractivity contribution < 1.29 is 4.74 Å². The van der Waals surface area contributed by atoms with Gasteiger partial charge in [-0.25, -0.2) is 0 Å². The van der Waals surface area contributed by atoms with Crippen molar-refractivity contribution in [3.05, 3.63) is 30.1 Å². The fraction of sp³-hybridized carbons (Fsp3) is 0.444. The minimum absolute atomic E-state index is 0.191. The number of aromatic nitrogens is 1. The molecule has 1 aromatic heterocycles. The minimum Gasteiger partial charge on any atom is -0.383 e. The van der Waals surface area contributed by atoms with Crippen LogP contribution in [0.4, 0.5) is 0 Å². The van der Waals surface area contributed by atoms with Gasteiger partial charge in [0.15, 0.2) is 0 Å². The normalized spacial score (nSPS) is 12.8. The van der Waals surface area contributed by atoms with Gasteiger partial charge in [0, 0.05) is 13.3 Å². The van der Waals surface area contributed by atoms with Crippen molar-refractivity contribution in [2.24, 2.45) is 0 Å². The van der Waals surface area contributed by atoms with E-state index in [0.29, 0.717) is 6.61 Å². The zero-order valence-corrected chi connectivity index (χ0v) is 7.45. The molecule has 1 aromatic rings. The fourth-order valence-corrected chi connectivity index (χ4v) is 1.07.